The molecule has 0 aromatic heterocycles. The van der Waals surface area contributed by atoms with Crippen molar-refractivity contribution in [3.63, 3.8) is 0 Å². The lowest BCUT2D eigenvalue weighted by atomic mass is 10.1. The number of benzene rings is 3. The summed E-state index contributed by atoms with van der Waals surface area (Å²) in [5.74, 6) is -0.148. The first kappa shape index (κ1) is 23.4. The molecule has 0 radical (unpaired) electrons. The molecule has 1 heterocycles. The van der Waals surface area contributed by atoms with E-state index in [9.17, 15) is 9.59 Å². The standard InChI is InChI=1S/C28H32N4O2/c1-2-22-13-7-8-14-25(22)31-28(34)30-23-15-16-26(32-17-9-4-10-18-32)24(19-23)27(33)29-20-21-11-5-3-6-12-21/h3,5-8,11-16,19H,2,4,9-10,17-18,20H2,1H3,(H,29,33)(H2,30,31,34). The van der Waals surface area contributed by atoms with E-state index >= 15 is 0 Å². The number of nitrogens with zero attached hydrogens (tertiary/aromatic N) is 1. The lowest BCUT2D eigenvalue weighted by Gasteiger charge is -2.30. The van der Waals surface area contributed by atoms with E-state index < -0.39 is 0 Å². The predicted octanol–water partition coefficient (Wildman–Crippen LogP) is 5.81. The molecule has 0 aliphatic carbocycles. The van der Waals surface area contributed by atoms with Gasteiger partial charge in [-0.15, -0.1) is 0 Å². The van der Waals surface area contributed by atoms with Crippen LogP contribution in [0, 0.1) is 0 Å². The number of hydrogen-bond acceptors (Lipinski definition) is 3. The molecule has 0 atom stereocenters. The van der Waals surface area contributed by atoms with Crippen LogP contribution in [0.3, 0.4) is 0 Å². The highest BCUT2D eigenvalue weighted by molar-refractivity contribution is 6.04. The van der Waals surface area contributed by atoms with Gasteiger partial charge in [0.05, 0.1) is 5.56 Å². The lowest BCUT2D eigenvalue weighted by molar-refractivity contribution is 0.0951. The van der Waals surface area contributed by atoms with Crippen LogP contribution < -0.4 is 20.9 Å². The number of amides is 3. The molecule has 176 valence electrons. The Bertz CT molecular complexity index is 1120. The fraction of sp³-hybridized carbons (Fsp3) is 0.286. The number of hydrogen-bond donors (Lipinski definition) is 3. The van der Waals surface area contributed by atoms with Gasteiger partial charge in [0, 0.05) is 36.7 Å². The van der Waals surface area contributed by atoms with Gasteiger partial charge in [-0.05, 0) is 61.1 Å². The number of piperidine rings is 1. The summed E-state index contributed by atoms with van der Waals surface area (Å²) in [5, 5.41) is 8.85. The molecule has 1 aliphatic rings. The summed E-state index contributed by atoms with van der Waals surface area (Å²) in [6.07, 6.45) is 4.27. The molecule has 0 unspecified atom stereocenters. The molecule has 34 heavy (non-hydrogen) atoms. The smallest absolute Gasteiger partial charge is 0.323 e. The molecule has 0 saturated carbocycles. The fourth-order valence-corrected chi connectivity index (χ4v) is 4.31. The summed E-state index contributed by atoms with van der Waals surface area (Å²) in [7, 11) is 0. The van der Waals surface area contributed by atoms with E-state index in [0.717, 1.165) is 54.9 Å². The molecular weight excluding hydrogens is 424 g/mol. The number of rotatable bonds is 7. The normalized spacial score (nSPS) is 13.3. The van der Waals surface area contributed by atoms with Crippen LogP contribution in [0.2, 0.25) is 0 Å². The van der Waals surface area contributed by atoms with Gasteiger partial charge in [0.2, 0.25) is 0 Å². The highest BCUT2D eigenvalue weighted by Crippen LogP contribution is 2.27. The zero-order chi connectivity index (χ0) is 23.8. The zero-order valence-corrected chi connectivity index (χ0v) is 19.6. The Morgan fingerprint density at radius 1 is 0.853 bits per heavy atom. The van der Waals surface area contributed by atoms with E-state index in [1.807, 2.05) is 66.7 Å². The highest BCUT2D eigenvalue weighted by atomic mass is 16.2. The van der Waals surface area contributed by atoms with Gasteiger partial charge in [-0.3, -0.25) is 4.79 Å². The third kappa shape index (κ3) is 5.95. The van der Waals surface area contributed by atoms with Crippen molar-refractivity contribution in [1.82, 2.24) is 5.32 Å². The molecule has 3 N–H and O–H groups in total. The van der Waals surface area contributed by atoms with Gasteiger partial charge in [0.1, 0.15) is 0 Å². The van der Waals surface area contributed by atoms with Gasteiger partial charge in [-0.25, -0.2) is 4.79 Å². The number of aryl methyl sites for hydroxylation is 1. The first-order valence-corrected chi connectivity index (χ1v) is 12.0. The average molecular weight is 457 g/mol. The number of anilines is 3. The van der Waals surface area contributed by atoms with Gasteiger partial charge in [0.15, 0.2) is 0 Å². The van der Waals surface area contributed by atoms with E-state index in [0.29, 0.717) is 17.8 Å². The van der Waals surface area contributed by atoms with E-state index in [1.54, 1.807) is 6.07 Å². The quantitative estimate of drug-likeness (QED) is 0.420. The van der Waals surface area contributed by atoms with E-state index in [1.165, 1.54) is 6.42 Å². The van der Waals surface area contributed by atoms with Crippen molar-refractivity contribution in [2.24, 2.45) is 0 Å². The largest absolute Gasteiger partial charge is 0.371 e. The van der Waals surface area contributed by atoms with Crippen molar-refractivity contribution < 1.29 is 9.59 Å². The number of urea groups is 1. The SMILES string of the molecule is CCc1ccccc1NC(=O)Nc1ccc(N2CCCCC2)c(C(=O)NCc2ccccc2)c1. The Hall–Kier alpha value is -3.80. The number of carbonyl (C=O) groups is 2. The van der Waals surface area contributed by atoms with Gasteiger partial charge in [0.25, 0.3) is 5.91 Å². The monoisotopic (exact) mass is 456 g/mol. The highest BCUT2D eigenvalue weighted by Gasteiger charge is 2.20. The summed E-state index contributed by atoms with van der Waals surface area (Å²) in [6, 6.07) is 22.8. The van der Waals surface area contributed by atoms with Gasteiger partial charge < -0.3 is 20.9 Å². The molecule has 1 aliphatic heterocycles. The number of carbonyl (C=O) groups excluding carboxylic acids is 2. The fourth-order valence-electron chi connectivity index (χ4n) is 4.31. The van der Waals surface area contributed by atoms with E-state index in [2.05, 4.69) is 27.8 Å². The van der Waals surface area contributed by atoms with Crippen molar-refractivity contribution in [3.8, 4) is 0 Å². The second-order valence-electron chi connectivity index (χ2n) is 8.54. The van der Waals surface area contributed by atoms with Crippen LogP contribution in [-0.2, 0) is 13.0 Å². The predicted molar refractivity (Wildman–Crippen MR) is 139 cm³/mol. The molecule has 4 rings (SSSR count). The summed E-state index contributed by atoms with van der Waals surface area (Å²) < 4.78 is 0. The molecule has 3 amide bonds. The Kier molecular flexibility index (Phi) is 7.81. The first-order chi connectivity index (χ1) is 16.6. The maximum Gasteiger partial charge on any atom is 0.323 e. The van der Waals surface area contributed by atoms with Gasteiger partial charge >= 0.3 is 6.03 Å². The van der Waals surface area contributed by atoms with Crippen LogP contribution in [0.4, 0.5) is 21.9 Å². The molecule has 3 aromatic rings. The minimum absolute atomic E-state index is 0.148. The van der Waals surface area contributed by atoms with E-state index in [4.69, 9.17) is 0 Å². The summed E-state index contributed by atoms with van der Waals surface area (Å²) in [5.41, 5.74) is 4.96. The molecule has 0 bridgehead atoms. The van der Waals surface area contributed by atoms with Crippen LogP contribution in [0.5, 0.6) is 0 Å². The molecule has 1 saturated heterocycles. The summed E-state index contributed by atoms with van der Waals surface area (Å²) in [6.45, 7) is 4.36. The molecule has 0 spiro atoms. The van der Waals surface area contributed by atoms with Gasteiger partial charge in [-0.1, -0.05) is 55.5 Å². The molecule has 3 aromatic carbocycles. The second-order valence-corrected chi connectivity index (χ2v) is 8.54. The van der Waals surface area contributed by atoms with Crippen molar-refractivity contribution in [2.75, 3.05) is 28.6 Å². The minimum Gasteiger partial charge on any atom is -0.371 e. The van der Waals surface area contributed by atoms with Crippen molar-refractivity contribution in [1.29, 1.82) is 0 Å². The Morgan fingerprint density at radius 3 is 2.35 bits per heavy atom. The molecule has 6 heteroatoms. The maximum atomic E-state index is 13.2. The third-order valence-corrected chi connectivity index (χ3v) is 6.14. The molecular formula is C28H32N4O2. The van der Waals surface area contributed by atoms with Crippen LogP contribution in [0.15, 0.2) is 72.8 Å². The van der Waals surface area contributed by atoms with Crippen molar-refractivity contribution in [2.45, 2.75) is 39.2 Å². The van der Waals surface area contributed by atoms with Gasteiger partial charge in [-0.2, -0.15) is 0 Å². The summed E-state index contributed by atoms with van der Waals surface area (Å²) in [4.78, 5) is 28.2. The number of nitrogens with one attached hydrogen (secondary N) is 3. The third-order valence-electron chi connectivity index (χ3n) is 6.14. The molecule has 6 nitrogen and oxygen atoms in total. The Morgan fingerprint density at radius 2 is 1.59 bits per heavy atom. The topological polar surface area (TPSA) is 73.5 Å². The minimum atomic E-state index is -0.331. The van der Waals surface area contributed by atoms with Crippen molar-refractivity contribution >= 4 is 29.0 Å². The zero-order valence-electron chi connectivity index (χ0n) is 19.6. The average Bonchev–Trinajstić information content (AvgIpc) is 2.88. The maximum absolute atomic E-state index is 13.2. The number of para-hydroxylation sites is 1. The van der Waals surface area contributed by atoms with Crippen LogP contribution in [0.25, 0.3) is 0 Å². The Balaban J connectivity index is 1.52. The lowest BCUT2D eigenvalue weighted by Crippen LogP contribution is -2.33. The Labute approximate surface area is 201 Å². The van der Waals surface area contributed by atoms with E-state index in [-0.39, 0.29) is 11.9 Å². The van der Waals surface area contributed by atoms with Crippen LogP contribution >= 0.6 is 0 Å². The molecule has 1 fully saturated rings. The van der Waals surface area contributed by atoms with Crippen LogP contribution in [0.1, 0.15) is 47.7 Å². The first-order valence-electron chi connectivity index (χ1n) is 12.0. The summed E-state index contributed by atoms with van der Waals surface area (Å²) >= 11 is 0. The van der Waals surface area contributed by atoms with Crippen molar-refractivity contribution in [3.05, 3.63) is 89.5 Å². The van der Waals surface area contributed by atoms with Crippen LogP contribution in [-0.4, -0.2) is 25.0 Å². The second kappa shape index (κ2) is 11.4.